The standard InChI is InChI=1S/C17H36O9.C9H20O4/c1-19-4-5-21-8-9-23-12-13-25-16-17-26-15-14-24-11-10-22-7-6-20-3-2-18;1-7(11)5-12-9(3)6-13-8(2)4-10/h18H,2-17H2,1H3;7-11H,4-6H2,1-3H3. The Hall–Kier alpha value is -0.520. The summed E-state index contributed by atoms with van der Waals surface area (Å²) in [5.74, 6) is 0. The lowest BCUT2D eigenvalue weighted by Gasteiger charge is -2.16. The van der Waals surface area contributed by atoms with E-state index in [0.29, 0.717) is 112 Å². The van der Waals surface area contributed by atoms with Crippen LogP contribution in [0.25, 0.3) is 0 Å². The van der Waals surface area contributed by atoms with E-state index in [0.717, 1.165) is 0 Å². The van der Waals surface area contributed by atoms with Gasteiger partial charge in [-0.2, -0.15) is 0 Å². The van der Waals surface area contributed by atoms with Crippen LogP contribution in [0.4, 0.5) is 0 Å². The Morgan fingerprint density at radius 3 is 1.10 bits per heavy atom. The first-order chi connectivity index (χ1) is 19.0. The highest BCUT2D eigenvalue weighted by atomic mass is 16.6. The van der Waals surface area contributed by atoms with E-state index in [1.54, 1.807) is 21.0 Å². The van der Waals surface area contributed by atoms with Gasteiger partial charge in [-0.1, -0.05) is 0 Å². The number of methoxy groups -OCH3 is 1. The third-order valence-electron chi connectivity index (χ3n) is 4.39. The van der Waals surface area contributed by atoms with E-state index in [1.807, 2.05) is 6.92 Å². The first-order valence-corrected chi connectivity index (χ1v) is 13.6. The predicted molar refractivity (Wildman–Crippen MR) is 144 cm³/mol. The fourth-order valence-corrected chi connectivity index (χ4v) is 2.33. The molecule has 0 aromatic heterocycles. The molecule has 39 heavy (non-hydrogen) atoms. The molecule has 0 aliphatic carbocycles. The quantitative estimate of drug-likeness (QED) is 0.0978. The second-order valence-electron chi connectivity index (χ2n) is 8.32. The zero-order chi connectivity index (χ0) is 29.2. The molecule has 0 aromatic carbocycles. The van der Waals surface area contributed by atoms with Crippen LogP contribution in [0.5, 0.6) is 0 Å². The van der Waals surface area contributed by atoms with E-state index in [-0.39, 0.29) is 25.4 Å². The lowest BCUT2D eigenvalue weighted by atomic mass is 10.4. The Bertz CT molecular complexity index is 409. The van der Waals surface area contributed by atoms with Gasteiger partial charge in [-0.05, 0) is 20.8 Å². The highest BCUT2D eigenvalue weighted by molar-refractivity contribution is 4.53. The first kappa shape index (κ1) is 40.6. The van der Waals surface area contributed by atoms with Crippen molar-refractivity contribution in [2.45, 2.75) is 39.1 Å². The summed E-state index contributed by atoms with van der Waals surface area (Å²) in [5, 5.41) is 26.1. The molecular formula is C26H56O13. The van der Waals surface area contributed by atoms with E-state index >= 15 is 0 Å². The molecule has 0 heterocycles. The van der Waals surface area contributed by atoms with Crippen molar-refractivity contribution in [3.05, 3.63) is 0 Å². The molecule has 13 heteroatoms. The molecule has 3 N–H and O–H groups in total. The minimum Gasteiger partial charge on any atom is -0.394 e. The summed E-state index contributed by atoms with van der Waals surface area (Å²) in [6.07, 6.45) is -0.654. The zero-order valence-electron chi connectivity index (χ0n) is 24.6. The molecule has 0 bridgehead atoms. The number of ether oxygens (including phenoxy) is 10. The van der Waals surface area contributed by atoms with Crippen LogP contribution >= 0.6 is 0 Å². The minimum atomic E-state index is -0.447. The molecule has 0 aliphatic heterocycles. The molecule has 0 amide bonds. The number of aliphatic hydroxyl groups is 3. The lowest BCUT2D eigenvalue weighted by molar-refractivity contribution is -0.0620. The third-order valence-corrected chi connectivity index (χ3v) is 4.39. The second-order valence-corrected chi connectivity index (χ2v) is 8.32. The molecule has 0 spiro atoms. The molecule has 0 aliphatic rings. The Morgan fingerprint density at radius 2 is 0.795 bits per heavy atom. The third kappa shape index (κ3) is 39.7. The summed E-state index contributed by atoms with van der Waals surface area (Å²) in [5.41, 5.74) is 0. The summed E-state index contributed by atoms with van der Waals surface area (Å²) >= 11 is 0. The van der Waals surface area contributed by atoms with Crippen molar-refractivity contribution >= 4 is 0 Å². The Labute approximate surface area is 234 Å². The van der Waals surface area contributed by atoms with Crippen molar-refractivity contribution in [1.82, 2.24) is 0 Å². The summed E-state index contributed by atoms with van der Waals surface area (Å²) in [6, 6.07) is 0. The predicted octanol–water partition coefficient (Wildman–Crippen LogP) is -0.0890. The van der Waals surface area contributed by atoms with Gasteiger partial charge in [0.2, 0.25) is 0 Å². The summed E-state index contributed by atoms with van der Waals surface area (Å²) in [7, 11) is 1.64. The van der Waals surface area contributed by atoms with Crippen molar-refractivity contribution < 1.29 is 62.7 Å². The maximum absolute atomic E-state index is 8.92. The van der Waals surface area contributed by atoms with Crippen LogP contribution in [0.2, 0.25) is 0 Å². The summed E-state index contributed by atoms with van der Waals surface area (Å²) in [4.78, 5) is 0. The fraction of sp³-hybridized carbons (Fsp3) is 1.00. The Morgan fingerprint density at radius 1 is 0.462 bits per heavy atom. The number of hydrogen-bond donors (Lipinski definition) is 3. The monoisotopic (exact) mass is 576 g/mol. The van der Waals surface area contributed by atoms with Crippen LogP contribution in [-0.4, -0.2) is 166 Å². The molecule has 0 saturated heterocycles. The molecule has 0 rings (SSSR count). The Balaban J connectivity index is 0. The van der Waals surface area contributed by atoms with Crippen LogP contribution in [-0.2, 0) is 47.4 Å². The van der Waals surface area contributed by atoms with Crippen molar-refractivity contribution in [3.63, 3.8) is 0 Å². The lowest BCUT2D eigenvalue weighted by Crippen LogP contribution is -2.24. The van der Waals surface area contributed by atoms with E-state index in [2.05, 4.69) is 0 Å². The number of hydrogen-bond acceptors (Lipinski definition) is 13. The van der Waals surface area contributed by atoms with Crippen LogP contribution in [0.1, 0.15) is 20.8 Å². The Kier molecular flexibility index (Phi) is 37.0. The van der Waals surface area contributed by atoms with Gasteiger partial charge >= 0.3 is 0 Å². The van der Waals surface area contributed by atoms with E-state index in [9.17, 15) is 0 Å². The van der Waals surface area contributed by atoms with E-state index in [1.165, 1.54) is 0 Å². The van der Waals surface area contributed by atoms with Crippen LogP contribution in [0.3, 0.4) is 0 Å². The van der Waals surface area contributed by atoms with Gasteiger partial charge in [-0.25, -0.2) is 0 Å². The highest BCUT2D eigenvalue weighted by Crippen LogP contribution is 1.97. The second kappa shape index (κ2) is 35.5. The molecule has 3 unspecified atom stereocenters. The van der Waals surface area contributed by atoms with Crippen LogP contribution in [0, 0.1) is 0 Å². The van der Waals surface area contributed by atoms with Crippen LogP contribution < -0.4 is 0 Å². The molecule has 0 radical (unpaired) electrons. The van der Waals surface area contributed by atoms with Crippen LogP contribution in [0.15, 0.2) is 0 Å². The number of aliphatic hydroxyl groups excluding tert-OH is 3. The zero-order valence-corrected chi connectivity index (χ0v) is 24.6. The van der Waals surface area contributed by atoms with Gasteiger partial charge < -0.3 is 62.7 Å². The maximum Gasteiger partial charge on any atom is 0.0781 e. The smallest absolute Gasteiger partial charge is 0.0781 e. The van der Waals surface area contributed by atoms with Gasteiger partial charge in [0.15, 0.2) is 0 Å². The SMILES string of the molecule is CC(O)COC(C)COC(C)CO.COCCOCCOCCOCCOCCOCCOCCOCCO. The first-order valence-electron chi connectivity index (χ1n) is 13.6. The molecular weight excluding hydrogens is 520 g/mol. The van der Waals surface area contributed by atoms with Gasteiger partial charge in [0.25, 0.3) is 0 Å². The van der Waals surface area contributed by atoms with E-state index in [4.69, 9.17) is 62.7 Å². The van der Waals surface area contributed by atoms with Gasteiger partial charge in [0, 0.05) is 7.11 Å². The fourth-order valence-electron chi connectivity index (χ4n) is 2.33. The molecule has 0 fully saturated rings. The normalized spacial score (nSPS) is 13.6. The van der Waals surface area contributed by atoms with Gasteiger partial charge in [-0.3, -0.25) is 0 Å². The number of rotatable bonds is 30. The summed E-state index contributed by atoms with van der Waals surface area (Å²) < 4.78 is 52.4. The minimum absolute atomic E-state index is 0.0170. The van der Waals surface area contributed by atoms with Gasteiger partial charge in [-0.15, -0.1) is 0 Å². The molecule has 3 atom stereocenters. The van der Waals surface area contributed by atoms with Crippen molar-refractivity contribution in [2.75, 3.05) is 133 Å². The topological polar surface area (TPSA) is 153 Å². The average Bonchev–Trinajstić information content (AvgIpc) is 2.93. The molecule has 13 nitrogen and oxygen atoms in total. The maximum atomic E-state index is 8.92. The highest BCUT2D eigenvalue weighted by Gasteiger charge is 2.07. The average molecular weight is 577 g/mol. The van der Waals surface area contributed by atoms with Crippen molar-refractivity contribution in [1.29, 1.82) is 0 Å². The largest absolute Gasteiger partial charge is 0.394 e. The molecule has 0 saturated carbocycles. The van der Waals surface area contributed by atoms with Gasteiger partial charge in [0.05, 0.1) is 144 Å². The van der Waals surface area contributed by atoms with Crippen molar-refractivity contribution in [2.24, 2.45) is 0 Å². The summed E-state index contributed by atoms with van der Waals surface area (Å²) in [6.45, 7) is 14.0. The molecule has 0 aromatic rings. The van der Waals surface area contributed by atoms with Gasteiger partial charge in [0.1, 0.15) is 0 Å². The molecule has 238 valence electrons. The van der Waals surface area contributed by atoms with E-state index < -0.39 is 6.10 Å². The van der Waals surface area contributed by atoms with Crippen molar-refractivity contribution in [3.8, 4) is 0 Å².